The minimum Gasteiger partial charge on any atom is -0.380 e. The fourth-order valence-electron chi connectivity index (χ4n) is 2.62. The van der Waals surface area contributed by atoms with Crippen LogP contribution in [0.5, 0.6) is 0 Å². The van der Waals surface area contributed by atoms with E-state index in [1.807, 2.05) is 66.1 Å². The van der Waals surface area contributed by atoms with Crippen molar-refractivity contribution >= 4 is 11.0 Å². The average Bonchev–Trinajstić information content (AvgIpc) is 2.94. The van der Waals surface area contributed by atoms with Crippen LogP contribution in [0.3, 0.4) is 0 Å². The van der Waals surface area contributed by atoms with Crippen molar-refractivity contribution in [2.75, 3.05) is 13.2 Å². The number of para-hydroxylation sites is 2. The van der Waals surface area contributed by atoms with Crippen molar-refractivity contribution in [2.45, 2.75) is 19.6 Å². The van der Waals surface area contributed by atoms with Gasteiger partial charge < -0.3 is 14.4 Å². The summed E-state index contributed by atoms with van der Waals surface area (Å²) in [5.41, 5.74) is 2.76. The first-order valence-electron chi connectivity index (χ1n) is 7.57. The Bertz CT molecular complexity index is 737. The highest BCUT2D eigenvalue weighted by molar-refractivity contribution is 5.76. The molecule has 0 unspecified atom stereocenters. The van der Waals surface area contributed by atoms with Crippen LogP contribution in [0.4, 0.5) is 0 Å². The number of benzene rings is 2. The van der Waals surface area contributed by atoms with E-state index in [2.05, 4.69) is 4.98 Å². The maximum absolute atomic E-state index is 10.7. The number of rotatable bonds is 6. The fraction of sp³-hybridized carbons (Fsp3) is 0.278. The number of aliphatic hydroxyl groups excluding tert-OH is 1. The lowest BCUT2D eigenvalue weighted by molar-refractivity contribution is 0.135. The van der Waals surface area contributed by atoms with E-state index < -0.39 is 6.10 Å². The Labute approximate surface area is 130 Å². The number of ether oxygens (including phenoxy) is 1. The Morgan fingerprint density at radius 2 is 1.82 bits per heavy atom. The zero-order valence-corrected chi connectivity index (χ0v) is 12.6. The minimum atomic E-state index is -0.741. The Morgan fingerprint density at radius 3 is 2.59 bits per heavy atom. The van der Waals surface area contributed by atoms with E-state index in [0.717, 1.165) is 16.6 Å². The smallest absolute Gasteiger partial charge is 0.143 e. The van der Waals surface area contributed by atoms with Gasteiger partial charge in [-0.1, -0.05) is 42.5 Å². The third-order valence-electron chi connectivity index (χ3n) is 3.71. The van der Waals surface area contributed by atoms with Gasteiger partial charge in [-0.05, 0) is 24.6 Å². The first-order chi connectivity index (χ1) is 10.8. The third-order valence-corrected chi connectivity index (χ3v) is 3.71. The van der Waals surface area contributed by atoms with Gasteiger partial charge in [0.25, 0.3) is 0 Å². The maximum atomic E-state index is 10.7. The molecule has 0 aliphatic heterocycles. The van der Waals surface area contributed by atoms with Crippen molar-refractivity contribution in [3.63, 3.8) is 0 Å². The zero-order valence-electron chi connectivity index (χ0n) is 12.6. The van der Waals surface area contributed by atoms with Gasteiger partial charge >= 0.3 is 0 Å². The molecule has 0 saturated heterocycles. The SMILES string of the molecule is CCOCCn1c([C@H](O)c2ccccc2)nc2ccccc21. The second-order valence-corrected chi connectivity index (χ2v) is 5.12. The molecule has 1 aromatic heterocycles. The van der Waals surface area contributed by atoms with E-state index in [1.54, 1.807) is 0 Å². The Kier molecular flexibility index (Phi) is 4.51. The minimum absolute atomic E-state index is 0.603. The predicted octanol–water partition coefficient (Wildman–Crippen LogP) is 3.15. The van der Waals surface area contributed by atoms with Crippen LogP contribution in [-0.2, 0) is 11.3 Å². The summed E-state index contributed by atoms with van der Waals surface area (Å²) in [5.74, 6) is 0.659. The third kappa shape index (κ3) is 2.89. The fourth-order valence-corrected chi connectivity index (χ4v) is 2.62. The summed E-state index contributed by atoms with van der Waals surface area (Å²) < 4.78 is 7.51. The van der Waals surface area contributed by atoms with E-state index >= 15 is 0 Å². The summed E-state index contributed by atoms with van der Waals surface area (Å²) in [6.45, 7) is 3.94. The molecule has 0 spiro atoms. The molecule has 0 radical (unpaired) electrons. The van der Waals surface area contributed by atoms with Gasteiger partial charge in [-0.15, -0.1) is 0 Å². The van der Waals surface area contributed by atoms with E-state index in [1.165, 1.54) is 0 Å². The van der Waals surface area contributed by atoms with Crippen LogP contribution in [0, 0.1) is 0 Å². The van der Waals surface area contributed by atoms with Crippen molar-refractivity contribution in [3.8, 4) is 0 Å². The number of fused-ring (bicyclic) bond motifs is 1. The lowest BCUT2D eigenvalue weighted by atomic mass is 10.1. The lowest BCUT2D eigenvalue weighted by Gasteiger charge is -2.14. The highest BCUT2D eigenvalue weighted by atomic mass is 16.5. The highest BCUT2D eigenvalue weighted by Gasteiger charge is 2.19. The van der Waals surface area contributed by atoms with Gasteiger partial charge in [0.1, 0.15) is 11.9 Å². The molecule has 1 atom stereocenters. The van der Waals surface area contributed by atoms with Gasteiger partial charge in [0.2, 0.25) is 0 Å². The molecule has 2 aromatic carbocycles. The molecule has 0 bridgehead atoms. The quantitative estimate of drug-likeness (QED) is 0.711. The Morgan fingerprint density at radius 1 is 1.09 bits per heavy atom. The standard InChI is InChI=1S/C18H20N2O2/c1-2-22-13-12-20-16-11-7-6-10-15(16)19-18(20)17(21)14-8-4-3-5-9-14/h3-11,17,21H,2,12-13H2,1H3/t17-/m1/s1. The van der Waals surface area contributed by atoms with Gasteiger partial charge in [0.05, 0.1) is 17.6 Å². The first kappa shape index (κ1) is 14.8. The van der Waals surface area contributed by atoms with Crippen LogP contribution < -0.4 is 0 Å². The number of nitrogens with zero attached hydrogens (tertiary/aromatic N) is 2. The zero-order chi connectivity index (χ0) is 15.4. The average molecular weight is 296 g/mol. The number of hydrogen-bond donors (Lipinski definition) is 1. The van der Waals surface area contributed by atoms with E-state index in [4.69, 9.17) is 4.74 Å². The molecular formula is C18H20N2O2. The molecule has 22 heavy (non-hydrogen) atoms. The Balaban J connectivity index is 2.02. The maximum Gasteiger partial charge on any atom is 0.143 e. The van der Waals surface area contributed by atoms with Gasteiger partial charge in [0, 0.05) is 13.2 Å². The molecule has 0 aliphatic rings. The molecular weight excluding hydrogens is 276 g/mol. The Hall–Kier alpha value is -2.17. The second-order valence-electron chi connectivity index (χ2n) is 5.12. The first-order valence-corrected chi connectivity index (χ1v) is 7.57. The summed E-state index contributed by atoms with van der Waals surface area (Å²) in [7, 11) is 0. The van der Waals surface area contributed by atoms with Crippen molar-refractivity contribution in [1.29, 1.82) is 0 Å². The van der Waals surface area contributed by atoms with Crippen LogP contribution in [0.1, 0.15) is 24.4 Å². The van der Waals surface area contributed by atoms with Gasteiger partial charge in [-0.2, -0.15) is 0 Å². The van der Waals surface area contributed by atoms with Crippen LogP contribution in [0.2, 0.25) is 0 Å². The van der Waals surface area contributed by atoms with Gasteiger partial charge in [0.15, 0.2) is 0 Å². The number of hydrogen-bond acceptors (Lipinski definition) is 3. The molecule has 0 amide bonds. The molecule has 0 aliphatic carbocycles. The summed E-state index contributed by atoms with van der Waals surface area (Å²) >= 11 is 0. The predicted molar refractivity (Wildman–Crippen MR) is 86.7 cm³/mol. The molecule has 1 heterocycles. The van der Waals surface area contributed by atoms with Crippen LogP contribution >= 0.6 is 0 Å². The van der Waals surface area contributed by atoms with Crippen molar-refractivity contribution in [2.24, 2.45) is 0 Å². The molecule has 0 fully saturated rings. The topological polar surface area (TPSA) is 47.3 Å². The number of aliphatic hydroxyl groups is 1. The van der Waals surface area contributed by atoms with E-state index in [9.17, 15) is 5.11 Å². The molecule has 4 nitrogen and oxygen atoms in total. The lowest BCUT2D eigenvalue weighted by Crippen LogP contribution is -2.13. The van der Waals surface area contributed by atoms with Crippen LogP contribution in [0.15, 0.2) is 54.6 Å². The molecule has 1 N–H and O–H groups in total. The van der Waals surface area contributed by atoms with Crippen LogP contribution in [0.25, 0.3) is 11.0 Å². The molecule has 0 saturated carbocycles. The molecule has 3 aromatic rings. The van der Waals surface area contributed by atoms with Crippen molar-refractivity contribution < 1.29 is 9.84 Å². The molecule has 4 heteroatoms. The highest BCUT2D eigenvalue weighted by Crippen LogP contribution is 2.25. The molecule has 3 rings (SSSR count). The second kappa shape index (κ2) is 6.73. The largest absolute Gasteiger partial charge is 0.380 e. The summed E-state index contributed by atoms with van der Waals surface area (Å²) in [4.78, 5) is 4.63. The van der Waals surface area contributed by atoms with Gasteiger partial charge in [-0.3, -0.25) is 0 Å². The van der Waals surface area contributed by atoms with Crippen LogP contribution in [-0.4, -0.2) is 27.9 Å². The van der Waals surface area contributed by atoms with Crippen molar-refractivity contribution in [3.05, 3.63) is 66.0 Å². The van der Waals surface area contributed by atoms with E-state index in [0.29, 0.717) is 25.6 Å². The van der Waals surface area contributed by atoms with Gasteiger partial charge in [-0.25, -0.2) is 4.98 Å². The molecule has 114 valence electrons. The normalized spacial score (nSPS) is 12.6. The summed E-state index contributed by atoms with van der Waals surface area (Å²) in [6, 6.07) is 17.5. The summed E-state index contributed by atoms with van der Waals surface area (Å²) in [6.07, 6.45) is -0.741. The monoisotopic (exact) mass is 296 g/mol. The number of aromatic nitrogens is 2. The van der Waals surface area contributed by atoms with Crippen molar-refractivity contribution in [1.82, 2.24) is 9.55 Å². The van der Waals surface area contributed by atoms with E-state index in [-0.39, 0.29) is 0 Å². The summed E-state index contributed by atoms with van der Waals surface area (Å²) in [5, 5.41) is 10.7. The number of imidazole rings is 1.